The number of carbonyl (C=O) groups is 1. The van der Waals surface area contributed by atoms with E-state index in [1.807, 2.05) is 24.3 Å². The third-order valence-electron chi connectivity index (χ3n) is 5.44. The molecule has 4 rings (SSSR count). The Kier molecular flexibility index (Phi) is 4.44. The molecule has 2 aliphatic rings. The van der Waals surface area contributed by atoms with Gasteiger partial charge in [0, 0.05) is 24.8 Å². The Balaban J connectivity index is 1.72. The van der Waals surface area contributed by atoms with E-state index in [9.17, 15) is 13.2 Å². The Morgan fingerprint density at radius 1 is 1.15 bits per heavy atom. The van der Waals surface area contributed by atoms with Gasteiger partial charge in [-0.05, 0) is 42.7 Å². The maximum absolute atomic E-state index is 13.4. The van der Waals surface area contributed by atoms with E-state index in [-0.39, 0.29) is 23.3 Å². The van der Waals surface area contributed by atoms with Gasteiger partial charge < -0.3 is 9.64 Å². The minimum atomic E-state index is -3.67. The molecular weight excluding hydrogens is 364 g/mol. The predicted octanol–water partition coefficient (Wildman–Crippen LogP) is 2.74. The number of methoxy groups -OCH3 is 1. The number of amides is 1. The standard InChI is InChI=1S/C20H22N2O4S/c1-21-17-10-9-15(12-14(17)13-20(21)23)27(24,25)22-11-5-7-18(22)16-6-3-4-8-19(16)26-2/h3-4,6,8-10,12,18H,5,7,11,13H2,1-2H3/t18-/m1/s1. The van der Waals surface area contributed by atoms with E-state index < -0.39 is 10.0 Å². The molecular formula is C20H22N2O4S. The number of para-hydroxylation sites is 1. The topological polar surface area (TPSA) is 66.9 Å². The van der Waals surface area contributed by atoms with E-state index in [1.54, 1.807) is 41.6 Å². The number of anilines is 1. The first-order valence-corrected chi connectivity index (χ1v) is 10.4. The van der Waals surface area contributed by atoms with Gasteiger partial charge in [-0.25, -0.2) is 8.42 Å². The number of ether oxygens (including phenoxy) is 1. The van der Waals surface area contributed by atoms with Gasteiger partial charge in [0.25, 0.3) is 0 Å². The number of hydrogen-bond acceptors (Lipinski definition) is 4. The second-order valence-corrected chi connectivity index (χ2v) is 8.83. The lowest BCUT2D eigenvalue weighted by molar-refractivity contribution is -0.117. The van der Waals surface area contributed by atoms with E-state index in [2.05, 4.69) is 0 Å². The summed E-state index contributed by atoms with van der Waals surface area (Å²) < 4.78 is 33.7. The highest BCUT2D eigenvalue weighted by molar-refractivity contribution is 7.89. The number of nitrogens with zero attached hydrogens (tertiary/aromatic N) is 2. The molecule has 27 heavy (non-hydrogen) atoms. The van der Waals surface area contributed by atoms with Crippen molar-refractivity contribution in [3.05, 3.63) is 53.6 Å². The molecule has 1 amide bonds. The first-order chi connectivity index (χ1) is 12.9. The molecule has 2 aromatic rings. The Morgan fingerprint density at radius 3 is 2.70 bits per heavy atom. The molecule has 2 aliphatic heterocycles. The van der Waals surface area contributed by atoms with Crippen LogP contribution in [0.3, 0.4) is 0 Å². The van der Waals surface area contributed by atoms with Crippen LogP contribution in [0.1, 0.15) is 30.0 Å². The number of sulfonamides is 1. The van der Waals surface area contributed by atoms with E-state index in [1.165, 1.54) is 0 Å². The Bertz CT molecular complexity index is 1000. The van der Waals surface area contributed by atoms with E-state index in [4.69, 9.17) is 4.74 Å². The SMILES string of the molecule is COc1ccccc1[C@H]1CCCN1S(=O)(=O)c1ccc2c(c1)CC(=O)N2C. The van der Waals surface area contributed by atoms with Gasteiger partial charge in [0.15, 0.2) is 0 Å². The van der Waals surface area contributed by atoms with Crippen LogP contribution in [0.2, 0.25) is 0 Å². The van der Waals surface area contributed by atoms with Crippen LogP contribution >= 0.6 is 0 Å². The molecule has 0 aliphatic carbocycles. The lowest BCUT2D eigenvalue weighted by Crippen LogP contribution is -2.31. The summed E-state index contributed by atoms with van der Waals surface area (Å²) in [5, 5.41) is 0. The lowest BCUT2D eigenvalue weighted by Gasteiger charge is -2.26. The van der Waals surface area contributed by atoms with Crippen LogP contribution in [-0.2, 0) is 21.2 Å². The minimum absolute atomic E-state index is 0.0207. The fraction of sp³-hybridized carbons (Fsp3) is 0.350. The highest BCUT2D eigenvalue weighted by atomic mass is 32.2. The Morgan fingerprint density at radius 2 is 1.93 bits per heavy atom. The molecule has 6 nitrogen and oxygen atoms in total. The van der Waals surface area contributed by atoms with Crippen molar-refractivity contribution in [3.63, 3.8) is 0 Å². The molecule has 2 aromatic carbocycles. The maximum Gasteiger partial charge on any atom is 0.243 e. The Hall–Kier alpha value is -2.38. The molecule has 7 heteroatoms. The van der Waals surface area contributed by atoms with Crippen LogP contribution in [0, 0.1) is 0 Å². The summed E-state index contributed by atoms with van der Waals surface area (Å²) in [6.45, 7) is 0.473. The van der Waals surface area contributed by atoms with E-state index >= 15 is 0 Å². The summed E-state index contributed by atoms with van der Waals surface area (Å²) in [5.41, 5.74) is 2.43. The van der Waals surface area contributed by atoms with Gasteiger partial charge in [0.2, 0.25) is 15.9 Å². The molecule has 1 saturated heterocycles. The quantitative estimate of drug-likeness (QED) is 0.810. The van der Waals surface area contributed by atoms with Crippen LogP contribution in [0.25, 0.3) is 0 Å². The summed E-state index contributed by atoms with van der Waals surface area (Å²) >= 11 is 0. The van der Waals surface area contributed by atoms with Crippen molar-refractivity contribution in [1.82, 2.24) is 4.31 Å². The van der Waals surface area contributed by atoms with Crippen molar-refractivity contribution in [3.8, 4) is 5.75 Å². The summed E-state index contributed by atoms with van der Waals surface area (Å²) in [6, 6.07) is 12.3. The lowest BCUT2D eigenvalue weighted by atomic mass is 10.0. The van der Waals surface area contributed by atoms with Crippen molar-refractivity contribution in [2.75, 3.05) is 25.6 Å². The van der Waals surface area contributed by atoms with Gasteiger partial charge in [0.1, 0.15) is 5.75 Å². The van der Waals surface area contributed by atoms with Gasteiger partial charge in [-0.2, -0.15) is 4.31 Å². The van der Waals surface area contributed by atoms with E-state index in [0.717, 1.165) is 29.7 Å². The zero-order valence-corrected chi connectivity index (χ0v) is 16.2. The number of hydrogen-bond donors (Lipinski definition) is 0. The van der Waals surface area contributed by atoms with Crippen molar-refractivity contribution in [2.24, 2.45) is 0 Å². The van der Waals surface area contributed by atoms with Crippen LogP contribution in [0.5, 0.6) is 5.75 Å². The molecule has 2 heterocycles. The molecule has 1 fully saturated rings. The fourth-order valence-electron chi connectivity index (χ4n) is 4.02. The van der Waals surface area contributed by atoms with Crippen molar-refractivity contribution < 1.29 is 17.9 Å². The molecule has 0 bridgehead atoms. The molecule has 0 aromatic heterocycles. The zero-order valence-electron chi connectivity index (χ0n) is 15.4. The van der Waals surface area contributed by atoms with Crippen LogP contribution < -0.4 is 9.64 Å². The summed E-state index contributed by atoms with van der Waals surface area (Å²) in [6.07, 6.45) is 1.80. The zero-order chi connectivity index (χ0) is 19.2. The fourth-order valence-corrected chi connectivity index (χ4v) is 5.75. The molecule has 0 N–H and O–H groups in total. The molecule has 0 unspecified atom stereocenters. The third-order valence-corrected chi connectivity index (χ3v) is 7.34. The highest BCUT2D eigenvalue weighted by Gasteiger charge is 2.38. The summed E-state index contributed by atoms with van der Waals surface area (Å²) in [5.74, 6) is 0.679. The maximum atomic E-state index is 13.4. The normalized spacial score (nSPS) is 20.1. The van der Waals surface area contributed by atoms with Gasteiger partial charge in [0.05, 0.1) is 24.5 Å². The average molecular weight is 386 g/mol. The second-order valence-electron chi connectivity index (χ2n) is 6.94. The van der Waals surface area contributed by atoms with Crippen molar-refractivity contribution in [2.45, 2.75) is 30.2 Å². The summed E-state index contributed by atoms with van der Waals surface area (Å²) in [7, 11) is -0.363. The molecule has 0 saturated carbocycles. The van der Waals surface area contributed by atoms with Crippen LogP contribution in [-0.4, -0.2) is 39.3 Å². The number of benzene rings is 2. The number of likely N-dealkylation sites (N-methyl/N-ethyl adjacent to an activating group) is 1. The average Bonchev–Trinajstić information content (AvgIpc) is 3.27. The molecule has 1 atom stereocenters. The van der Waals surface area contributed by atoms with Gasteiger partial charge in [-0.1, -0.05) is 18.2 Å². The first kappa shape index (κ1) is 18.0. The largest absolute Gasteiger partial charge is 0.496 e. The third kappa shape index (κ3) is 2.91. The molecule has 0 radical (unpaired) electrons. The predicted molar refractivity (Wildman–Crippen MR) is 102 cm³/mol. The molecule has 142 valence electrons. The number of rotatable bonds is 4. The first-order valence-electron chi connectivity index (χ1n) is 8.97. The monoisotopic (exact) mass is 386 g/mol. The van der Waals surface area contributed by atoms with E-state index in [0.29, 0.717) is 12.3 Å². The second kappa shape index (κ2) is 6.65. The highest BCUT2D eigenvalue weighted by Crippen LogP contribution is 2.41. The minimum Gasteiger partial charge on any atom is -0.496 e. The van der Waals surface area contributed by atoms with Crippen LogP contribution in [0.15, 0.2) is 47.4 Å². The van der Waals surface area contributed by atoms with Gasteiger partial charge >= 0.3 is 0 Å². The smallest absolute Gasteiger partial charge is 0.243 e. The molecule has 0 spiro atoms. The van der Waals surface area contributed by atoms with Gasteiger partial charge in [-0.3, -0.25) is 4.79 Å². The van der Waals surface area contributed by atoms with Crippen molar-refractivity contribution in [1.29, 1.82) is 0 Å². The number of carbonyl (C=O) groups excluding carboxylic acids is 1. The van der Waals surface area contributed by atoms with Crippen LogP contribution in [0.4, 0.5) is 5.69 Å². The van der Waals surface area contributed by atoms with Crippen molar-refractivity contribution >= 4 is 21.6 Å². The Labute approximate surface area is 159 Å². The number of fused-ring (bicyclic) bond motifs is 1. The van der Waals surface area contributed by atoms with Gasteiger partial charge in [-0.15, -0.1) is 0 Å². The summed E-state index contributed by atoms with van der Waals surface area (Å²) in [4.78, 5) is 13.7.